The van der Waals surface area contributed by atoms with Crippen LogP contribution in [0.15, 0.2) is 21.2 Å². The Morgan fingerprint density at radius 1 is 1.65 bits per heavy atom. The summed E-state index contributed by atoms with van der Waals surface area (Å²) in [5.74, 6) is 0.330. The maximum absolute atomic E-state index is 12.0. The van der Waals surface area contributed by atoms with Gasteiger partial charge in [0.2, 0.25) is 0 Å². The van der Waals surface area contributed by atoms with Crippen molar-refractivity contribution in [2.45, 2.75) is 18.9 Å². The van der Waals surface area contributed by atoms with E-state index < -0.39 is 0 Å². The zero-order valence-electron chi connectivity index (χ0n) is 10.1. The molecule has 0 bridgehead atoms. The number of carbonyl (C=O) groups excluding carboxylic acids is 1. The van der Waals surface area contributed by atoms with Crippen molar-refractivity contribution in [2.24, 2.45) is 0 Å². The summed E-state index contributed by atoms with van der Waals surface area (Å²) in [6.45, 7) is 1.88. The number of furan rings is 1. The molecule has 0 N–H and O–H groups in total. The van der Waals surface area contributed by atoms with E-state index in [9.17, 15) is 4.79 Å². The van der Waals surface area contributed by atoms with Crippen LogP contribution in [0.1, 0.15) is 23.4 Å². The van der Waals surface area contributed by atoms with Crippen LogP contribution in [0.4, 0.5) is 0 Å². The largest absolute Gasteiger partial charge is 0.444 e. The molecule has 1 fully saturated rings. The van der Waals surface area contributed by atoms with E-state index in [0.29, 0.717) is 16.5 Å². The number of amides is 1. The van der Waals surface area contributed by atoms with Crippen molar-refractivity contribution in [1.82, 2.24) is 9.80 Å². The molecule has 1 aliphatic heterocycles. The normalized spacial score (nSPS) is 20.8. The number of hydrogen-bond donors (Lipinski definition) is 0. The lowest BCUT2D eigenvalue weighted by atomic mass is 10.2. The van der Waals surface area contributed by atoms with Gasteiger partial charge in [0.1, 0.15) is 0 Å². The minimum atomic E-state index is -0.0593. The average molecular weight is 301 g/mol. The van der Waals surface area contributed by atoms with Crippen molar-refractivity contribution in [3.05, 3.63) is 22.6 Å². The Hall–Kier alpha value is -0.810. The Morgan fingerprint density at radius 2 is 2.41 bits per heavy atom. The van der Waals surface area contributed by atoms with E-state index in [1.54, 1.807) is 17.0 Å². The number of hydrogen-bond acceptors (Lipinski definition) is 3. The summed E-state index contributed by atoms with van der Waals surface area (Å²) in [4.78, 5) is 16.1. The molecule has 0 aliphatic carbocycles. The highest BCUT2D eigenvalue weighted by Crippen LogP contribution is 2.18. The highest BCUT2D eigenvalue weighted by Gasteiger charge is 2.25. The molecule has 5 heteroatoms. The van der Waals surface area contributed by atoms with Crippen LogP contribution in [0.3, 0.4) is 0 Å². The molecule has 0 radical (unpaired) electrons. The molecule has 1 aromatic heterocycles. The summed E-state index contributed by atoms with van der Waals surface area (Å²) >= 11 is 3.20. The lowest BCUT2D eigenvalue weighted by Gasteiger charge is -2.25. The van der Waals surface area contributed by atoms with Gasteiger partial charge >= 0.3 is 0 Å². The molecule has 0 saturated carbocycles. The van der Waals surface area contributed by atoms with Gasteiger partial charge in [-0.25, -0.2) is 0 Å². The lowest BCUT2D eigenvalue weighted by molar-refractivity contribution is 0.0728. The van der Waals surface area contributed by atoms with Gasteiger partial charge in [-0.15, -0.1) is 0 Å². The number of nitrogens with zero attached hydrogens (tertiary/aromatic N) is 2. The molecule has 1 atom stereocenters. The van der Waals surface area contributed by atoms with Crippen molar-refractivity contribution >= 4 is 21.8 Å². The first-order valence-corrected chi connectivity index (χ1v) is 6.58. The molecule has 1 amide bonds. The summed E-state index contributed by atoms with van der Waals surface area (Å²) in [5.41, 5.74) is 0. The highest BCUT2D eigenvalue weighted by atomic mass is 79.9. The van der Waals surface area contributed by atoms with E-state index in [1.165, 1.54) is 6.42 Å². The first-order chi connectivity index (χ1) is 8.08. The standard InChI is InChI=1S/C12H17BrN2O2/c1-14-7-3-4-9(14)8-15(2)12(16)10-5-6-11(13)17-10/h5-6,9H,3-4,7-8H2,1-2H3. The molecule has 1 aliphatic rings. The predicted octanol–water partition coefficient (Wildman–Crippen LogP) is 2.21. The Morgan fingerprint density at radius 3 is 2.94 bits per heavy atom. The Bertz CT molecular complexity index is 405. The molecule has 17 heavy (non-hydrogen) atoms. The summed E-state index contributed by atoms with van der Waals surface area (Å²) in [7, 11) is 3.93. The maximum Gasteiger partial charge on any atom is 0.289 e. The first-order valence-electron chi connectivity index (χ1n) is 5.79. The molecule has 1 saturated heterocycles. The Balaban J connectivity index is 1.95. The van der Waals surface area contributed by atoms with Gasteiger partial charge in [0.25, 0.3) is 5.91 Å². The van der Waals surface area contributed by atoms with Gasteiger partial charge in [0, 0.05) is 19.6 Å². The quantitative estimate of drug-likeness (QED) is 0.859. The average Bonchev–Trinajstić information content (AvgIpc) is 2.88. The summed E-state index contributed by atoms with van der Waals surface area (Å²) in [6.07, 6.45) is 2.38. The van der Waals surface area contributed by atoms with E-state index in [-0.39, 0.29) is 5.91 Å². The molecule has 0 aromatic carbocycles. The van der Waals surface area contributed by atoms with Gasteiger partial charge in [0.05, 0.1) is 0 Å². The van der Waals surface area contributed by atoms with Gasteiger partial charge in [0.15, 0.2) is 10.4 Å². The van der Waals surface area contributed by atoms with Gasteiger partial charge < -0.3 is 14.2 Å². The van der Waals surface area contributed by atoms with E-state index in [1.807, 2.05) is 7.05 Å². The minimum absolute atomic E-state index is 0.0593. The number of likely N-dealkylation sites (tertiary alicyclic amines) is 1. The molecule has 4 nitrogen and oxygen atoms in total. The van der Waals surface area contributed by atoms with E-state index >= 15 is 0 Å². The second kappa shape index (κ2) is 5.23. The van der Waals surface area contributed by atoms with Crippen molar-refractivity contribution in [3.8, 4) is 0 Å². The first kappa shape index (κ1) is 12.6. The van der Waals surface area contributed by atoms with Crippen molar-refractivity contribution in [3.63, 3.8) is 0 Å². The van der Waals surface area contributed by atoms with Crippen LogP contribution in [0.2, 0.25) is 0 Å². The fourth-order valence-electron chi connectivity index (χ4n) is 2.23. The van der Waals surface area contributed by atoms with Gasteiger partial charge in [-0.05, 0) is 54.5 Å². The zero-order chi connectivity index (χ0) is 12.4. The second-order valence-corrected chi connectivity index (χ2v) is 5.35. The summed E-state index contributed by atoms with van der Waals surface area (Å²) in [5, 5.41) is 0. The molecule has 2 heterocycles. The van der Waals surface area contributed by atoms with Crippen LogP contribution in [-0.4, -0.2) is 48.9 Å². The number of likely N-dealkylation sites (N-methyl/N-ethyl adjacent to an activating group) is 2. The van der Waals surface area contributed by atoms with Crippen molar-refractivity contribution in [2.75, 3.05) is 27.2 Å². The van der Waals surface area contributed by atoms with Crippen LogP contribution in [0.5, 0.6) is 0 Å². The smallest absolute Gasteiger partial charge is 0.289 e. The second-order valence-electron chi connectivity index (χ2n) is 4.57. The molecule has 1 aromatic rings. The lowest BCUT2D eigenvalue weighted by Crippen LogP contribution is -2.39. The van der Waals surface area contributed by atoms with Gasteiger partial charge in [-0.1, -0.05) is 0 Å². The summed E-state index contributed by atoms with van der Waals surface area (Å²) in [6, 6.07) is 3.91. The molecule has 94 valence electrons. The third-order valence-corrected chi connectivity index (χ3v) is 3.71. The van der Waals surface area contributed by atoms with Gasteiger partial charge in [-0.2, -0.15) is 0 Å². The van der Waals surface area contributed by atoms with Gasteiger partial charge in [-0.3, -0.25) is 4.79 Å². The summed E-state index contributed by atoms with van der Waals surface area (Å²) < 4.78 is 5.86. The molecule has 1 unspecified atom stereocenters. The monoisotopic (exact) mass is 300 g/mol. The van der Waals surface area contributed by atoms with E-state index in [4.69, 9.17) is 4.42 Å². The minimum Gasteiger partial charge on any atom is -0.444 e. The van der Waals surface area contributed by atoms with Crippen LogP contribution < -0.4 is 0 Å². The number of halogens is 1. The van der Waals surface area contributed by atoms with Crippen LogP contribution in [-0.2, 0) is 0 Å². The highest BCUT2D eigenvalue weighted by molar-refractivity contribution is 9.10. The third-order valence-electron chi connectivity index (χ3n) is 3.29. The Kier molecular flexibility index (Phi) is 3.89. The molecule has 0 spiro atoms. The topological polar surface area (TPSA) is 36.7 Å². The molecular formula is C12H17BrN2O2. The van der Waals surface area contributed by atoms with Crippen LogP contribution in [0.25, 0.3) is 0 Å². The fraction of sp³-hybridized carbons (Fsp3) is 0.583. The number of carbonyl (C=O) groups is 1. The maximum atomic E-state index is 12.0. The Labute approximate surface area is 110 Å². The predicted molar refractivity (Wildman–Crippen MR) is 69.0 cm³/mol. The van der Waals surface area contributed by atoms with E-state index in [2.05, 4.69) is 27.9 Å². The molecular weight excluding hydrogens is 284 g/mol. The fourth-order valence-corrected chi connectivity index (χ4v) is 2.53. The third kappa shape index (κ3) is 2.90. The van der Waals surface area contributed by atoms with Crippen molar-refractivity contribution < 1.29 is 9.21 Å². The molecule has 2 rings (SSSR count). The van der Waals surface area contributed by atoms with Crippen LogP contribution >= 0.6 is 15.9 Å². The van der Waals surface area contributed by atoms with E-state index in [0.717, 1.165) is 19.5 Å². The van der Waals surface area contributed by atoms with Crippen molar-refractivity contribution in [1.29, 1.82) is 0 Å². The number of rotatable bonds is 3. The SMILES string of the molecule is CN(CC1CCCN1C)C(=O)c1ccc(Br)o1. The van der Waals surface area contributed by atoms with Crippen LogP contribution in [0, 0.1) is 0 Å². The zero-order valence-corrected chi connectivity index (χ0v) is 11.7.